The van der Waals surface area contributed by atoms with Crippen LogP contribution in [0.25, 0.3) is 10.9 Å². The molecule has 10 nitrogen and oxygen atoms in total. The Bertz CT molecular complexity index is 1210. The maximum absolute atomic E-state index is 12.9. The summed E-state index contributed by atoms with van der Waals surface area (Å²) in [6, 6.07) is 6.69. The van der Waals surface area contributed by atoms with Crippen molar-refractivity contribution in [1.82, 2.24) is 25.2 Å². The van der Waals surface area contributed by atoms with Crippen LogP contribution >= 0.6 is 0 Å². The summed E-state index contributed by atoms with van der Waals surface area (Å²) in [4.78, 5) is 57.0. The third-order valence-corrected chi connectivity index (χ3v) is 5.04. The molecule has 1 aliphatic rings. The predicted molar refractivity (Wildman–Crippen MR) is 103 cm³/mol. The molecule has 0 saturated heterocycles. The molecule has 4 rings (SSSR count). The van der Waals surface area contributed by atoms with Gasteiger partial charge in [0.1, 0.15) is 11.6 Å². The first kappa shape index (κ1) is 18.7. The van der Waals surface area contributed by atoms with Crippen molar-refractivity contribution in [2.45, 2.75) is 19.0 Å². The molecule has 29 heavy (non-hydrogen) atoms. The zero-order chi connectivity index (χ0) is 20.5. The van der Waals surface area contributed by atoms with E-state index in [2.05, 4.69) is 15.3 Å². The lowest BCUT2D eigenvalue weighted by Gasteiger charge is -2.30. The van der Waals surface area contributed by atoms with Crippen LogP contribution < -0.4 is 16.6 Å². The number of hydrogen-bond donors (Lipinski definition) is 5. The normalized spacial score (nSPS) is 14.4. The summed E-state index contributed by atoms with van der Waals surface area (Å²) in [7, 11) is 0. The van der Waals surface area contributed by atoms with E-state index in [1.165, 1.54) is 0 Å². The quantitative estimate of drug-likeness (QED) is 0.391. The van der Waals surface area contributed by atoms with E-state index in [-0.39, 0.29) is 5.56 Å². The van der Waals surface area contributed by atoms with Crippen LogP contribution in [0.1, 0.15) is 21.6 Å². The minimum Gasteiger partial charge on any atom is -0.394 e. The van der Waals surface area contributed by atoms with Gasteiger partial charge in [0.2, 0.25) is 5.91 Å². The van der Waals surface area contributed by atoms with Gasteiger partial charge in [0.05, 0.1) is 13.2 Å². The summed E-state index contributed by atoms with van der Waals surface area (Å²) in [5.74, 6) is -1.32. The van der Waals surface area contributed by atoms with Crippen LogP contribution in [0.5, 0.6) is 0 Å². The topological polar surface area (TPSA) is 151 Å². The monoisotopic (exact) mass is 397 g/mol. The SMILES string of the molecule is O=C(N[C@@H](CO)C(=O)N1CCc2c([nH]c3ccccc23)C1)c1c[nH]c(=O)[nH]c1=O. The number of nitrogens with one attached hydrogen (secondary N) is 4. The van der Waals surface area contributed by atoms with Crippen LogP contribution in [0.4, 0.5) is 0 Å². The molecular weight excluding hydrogens is 378 g/mol. The number of fused-ring (bicyclic) bond motifs is 3. The van der Waals surface area contributed by atoms with Gasteiger partial charge in [-0.1, -0.05) is 18.2 Å². The molecule has 0 saturated carbocycles. The Kier molecular flexibility index (Phi) is 4.77. The van der Waals surface area contributed by atoms with Gasteiger partial charge in [-0.3, -0.25) is 19.4 Å². The average molecular weight is 397 g/mol. The summed E-state index contributed by atoms with van der Waals surface area (Å²) in [6.45, 7) is 0.148. The number of aromatic nitrogens is 3. The van der Waals surface area contributed by atoms with Crippen LogP contribution in [0.15, 0.2) is 40.1 Å². The van der Waals surface area contributed by atoms with Gasteiger partial charge in [0, 0.05) is 29.3 Å². The lowest BCUT2D eigenvalue weighted by Crippen LogP contribution is -2.52. The molecule has 0 bridgehead atoms. The lowest BCUT2D eigenvalue weighted by molar-refractivity contribution is -0.135. The number of aromatic amines is 3. The Morgan fingerprint density at radius 2 is 2.00 bits per heavy atom. The molecule has 3 heterocycles. The second-order valence-electron chi connectivity index (χ2n) is 6.83. The lowest BCUT2D eigenvalue weighted by atomic mass is 10.0. The predicted octanol–water partition coefficient (Wildman–Crippen LogP) is -0.780. The Morgan fingerprint density at radius 1 is 1.21 bits per heavy atom. The molecule has 0 spiro atoms. The number of rotatable bonds is 4. The fourth-order valence-corrected chi connectivity index (χ4v) is 3.60. The highest BCUT2D eigenvalue weighted by molar-refractivity contribution is 5.97. The van der Waals surface area contributed by atoms with Gasteiger partial charge in [-0.15, -0.1) is 0 Å². The number of nitrogens with zero attached hydrogens (tertiary/aromatic N) is 1. The molecular formula is C19H19N5O5. The molecule has 0 unspecified atom stereocenters. The van der Waals surface area contributed by atoms with E-state index in [1.54, 1.807) is 4.90 Å². The van der Waals surface area contributed by atoms with Crippen LogP contribution in [-0.2, 0) is 17.8 Å². The van der Waals surface area contributed by atoms with Crippen molar-refractivity contribution in [2.24, 2.45) is 0 Å². The molecule has 1 aliphatic heterocycles. The number of para-hydroxylation sites is 1. The highest BCUT2D eigenvalue weighted by Crippen LogP contribution is 2.27. The largest absolute Gasteiger partial charge is 0.394 e. The summed E-state index contributed by atoms with van der Waals surface area (Å²) in [6.07, 6.45) is 1.61. The van der Waals surface area contributed by atoms with E-state index in [9.17, 15) is 24.3 Å². The third kappa shape index (κ3) is 3.45. The van der Waals surface area contributed by atoms with Gasteiger partial charge < -0.3 is 25.3 Å². The number of carbonyl (C=O) groups excluding carboxylic acids is 2. The second kappa shape index (κ2) is 7.40. The Balaban J connectivity index is 1.51. The van der Waals surface area contributed by atoms with E-state index in [1.807, 2.05) is 29.2 Å². The number of carbonyl (C=O) groups is 2. The van der Waals surface area contributed by atoms with Crippen LogP contribution in [0.3, 0.4) is 0 Å². The van der Waals surface area contributed by atoms with Crippen LogP contribution in [0, 0.1) is 0 Å². The molecule has 3 aromatic rings. The van der Waals surface area contributed by atoms with Crippen molar-refractivity contribution in [1.29, 1.82) is 0 Å². The number of amides is 2. The molecule has 2 aromatic heterocycles. The molecule has 10 heteroatoms. The van der Waals surface area contributed by atoms with E-state index in [4.69, 9.17) is 0 Å². The van der Waals surface area contributed by atoms with Gasteiger partial charge >= 0.3 is 5.69 Å². The standard InChI is InChI=1S/C19H19N5O5/c25-9-15(22-16(26)12-7-20-19(29)23-17(12)27)18(28)24-6-5-11-10-3-1-2-4-13(10)21-14(11)8-24/h1-4,7,15,21,25H,5-6,8-9H2,(H,22,26)(H2,20,23,27,29)/t15-/m0/s1. The van der Waals surface area contributed by atoms with E-state index in [0.717, 1.165) is 28.4 Å². The number of aliphatic hydroxyl groups excluding tert-OH is 1. The zero-order valence-electron chi connectivity index (χ0n) is 15.3. The molecule has 150 valence electrons. The highest BCUT2D eigenvalue weighted by atomic mass is 16.3. The molecule has 0 fully saturated rings. The molecule has 0 aliphatic carbocycles. The van der Waals surface area contributed by atoms with Gasteiger partial charge in [-0.2, -0.15) is 0 Å². The molecule has 1 atom stereocenters. The van der Waals surface area contributed by atoms with Gasteiger partial charge in [0.15, 0.2) is 0 Å². The smallest absolute Gasteiger partial charge is 0.325 e. The average Bonchev–Trinajstić information content (AvgIpc) is 3.09. The fraction of sp³-hybridized carbons (Fsp3) is 0.263. The summed E-state index contributed by atoms with van der Waals surface area (Å²) >= 11 is 0. The first-order valence-electron chi connectivity index (χ1n) is 9.09. The summed E-state index contributed by atoms with van der Waals surface area (Å²) in [5, 5.41) is 13.1. The van der Waals surface area contributed by atoms with Crippen molar-refractivity contribution in [3.8, 4) is 0 Å². The van der Waals surface area contributed by atoms with Gasteiger partial charge in [-0.25, -0.2) is 4.79 Å². The van der Waals surface area contributed by atoms with Crippen molar-refractivity contribution in [2.75, 3.05) is 13.2 Å². The number of aliphatic hydroxyl groups is 1. The Labute approximate surface area is 163 Å². The van der Waals surface area contributed by atoms with Crippen molar-refractivity contribution >= 4 is 22.7 Å². The first-order chi connectivity index (χ1) is 14.0. The van der Waals surface area contributed by atoms with Gasteiger partial charge in [0.25, 0.3) is 11.5 Å². The fourth-order valence-electron chi connectivity index (χ4n) is 3.60. The first-order valence-corrected chi connectivity index (χ1v) is 9.09. The van der Waals surface area contributed by atoms with Crippen LogP contribution in [0.2, 0.25) is 0 Å². The third-order valence-electron chi connectivity index (χ3n) is 5.04. The van der Waals surface area contributed by atoms with Crippen molar-refractivity contribution < 1.29 is 14.7 Å². The number of hydrogen-bond acceptors (Lipinski definition) is 5. The highest BCUT2D eigenvalue weighted by Gasteiger charge is 2.30. The van der Waals surface area contributed by atoms with Crippen molar-refractivity contribution in [3.05, 3.63) is 68.1 Å². The number of H-pyrrole nitrogens is 3. The van der Waals surface area contributed by atoms with E-state index in [0.29, 0.717) is 19.5 Å². The maximum Gasteiger partial charge on any atom is 0.325 e. The summed E-state index contributed by atoms with van der Waals surface area (Å²) < 4.78 is 0. The summed E-state index contributed by atoms with van der Waals surface area (Å²) in [5.41, 5.74) is 1.10. The van der Waals surface area contributed by atoms with Crippen molar-refractivity contribution in [3.63, 3.8) is 0 Å². The Morgan fingerprint density at radius 3 is 2.76 bits per heavy atom. The number of benzene rings is 1. The molecule has 5 N–H and O–H groups in total. The van der Waals surface area contributed by atoms with Gasteiger partial charge in [-0.05, 0) is 18.1 Å². The zero-order valence-corrected chi connectivity index (χ0v) is 15.3. The molecule has 1 aromatic carbocycles. The van der Waals surface area contributed by atoms with E-state index >= 15 is 0 Å². The molecule has 2 amide bonds. The molecule has 0 radical (unpaired) electrons. The van der Waals surface area contributed by atoms with Crippen LogP contribution in [-0.4, -0.2) is 56.0 Å². The second-order valence-corrected chi connectivity index (χ2v) is 6.83. The maximum atomic E-state index is 12.9. The Hall–Kier alpha value is -3.66. The van der Waals surface area contributed by atoms with E-state index < -0.39 is 35.7 Å². The minimum absolute atomic E-state index is 0.328. The minimum atomic E-state index is -1.21.